The van der Waals surface area contributed by atoms with Crippen LogP contribution in [0, 0.1) is 6.92 Å². The zero-order valence-corrected chi connectivity index (χ0v) is 8.94. The van der Waals surface area contributed by atoms with Crippen molar-refractivity contribution in [3.63, 3.8) is 0 Å². The van der Waals surface area contributed by atoms with Crippen LogP contribution >= 0.6 is 0 Å². The number of nitrogens with zero attached hydrogens (tertiary/aromatic N) is 2. The fraction of sp³-hybridized carbons (Fsp3) is 0.0769. The van der Waals surface area contributed by atoms with Gasteiger partial charge >= 0.3 is 0 Å². The van der Waals surface area contributed by atoms with Crippen LogP contribution in [0.2, 0.25) is 0 Å². The standard InChI is InChI=1S/C13H11N3/c1-9-11-7-12(10-5-3-2-4-6-10)16-13(11)15-8-14-9/h2-8H,1H3,(H,14,15,16). The zero-order chi connectivity index (χ0) is 11.0. The van der Waals surface area contributed by atoms with Gasteiger partial charge in [0.05, 0.1) is 5.69 Å². The molecule has 1 N–H and O–H groups in total. The van der Waals surface area contributed by atoms with Crippen molar-refractivity contribution in [2.24, 2.45) is 0 Å². The molecule has 0 bridgehead atoms. The molecular weight excluding hydrogens is 198 g/mol. The number of aryl methyl sites for hydroxylation is 1. The Morgan fingerprint density at radius 1 is 1.06 bits per heavy atom. The third-order valence-electron chi connectivity index (χ3n) is 2.71. The third-order valence-corrected chi connectivity index (χ3v) is 2.71. The number of nitrogens with one attached hydrogen (secondary N) is 1. The molecule has 0 aliphatic heterocycles. The number of H-pyrrole nitrogens is 1. The number of benzene rings is 1. The summed E-state index contributed by atoms with van der Waals surface area (Å²) in [5.74, 6) is 0. The van der Waals surface area contributed by atoms with Crippen molar-refractivity contribution in [1.82, 2.24) is 15.0 Å². The van der Waals surface area contributed by atoms with Crippen LogP contribution in [0.1, 0.15) is 5.69 Å². The first-order valence-corrected chi connectivity index (χ1v) is 5.20. The van der Waals surface area contributed by atoms with E-state index in [4.69, 9.17) is 0 Å². The Labute approximate surface area is 93.2 Å². The molecule has 2 heterocycles. The van der Waals surface area contributed by atoms with Crippen LogP contribution in [-0.2, 0) is 0 Å². The highest BCUT2D eigenvalue weighted by atomic mass is 14.9. The van der Waals surface area contributed by atoms with Gasteiger partial charge in [-0.2, -0.15) is 0 Å². The Morgan fingerprint density at radius 3 is 2.62 bits per heavy atom. The molecule has 1 aromatic carbocycles. The van der Waals surface area contributed by atoms with Crippen molar-refractivity contribution >= 4 is 11.0 Å². The lowest BCUT2D eigenvalue weighted by Gasteiger charge is -1.94. The molecule has 0 fully saturated rings. The van der Waals surface area contributed by atoms with E-state index in [9.17, 15) is 0 Å². The first-order chi connectivity index (χ1) is 7.84. The monoisotopic (exact) mass is 209 g/mol. The molecular formula is C13H11N3. The molecule has 2 aromatic heterocycles. The molecule has 3 rings (SSSR count). The van der Waals surface area contributed by atoms with E-state index in [1.165, 1.54) is 5.56 Å². The topological polar surface area (TPSA) is 41.6 Å². The number of aromatic nitrogens is 3. The van der Waals surface area contributed by atoms with Gasteiger partial charge in [-0.1, -0.05) is 30.3 Å². The molecule has 16 heavy (non-hydrogen) atoms. The Morgan fingerprint density at radius 2 is 1.88 bits per heavy atom. The number of hydrogen-bond acceptors (Lipinski definition) is 2. The number of rotatable bonds is 1. The fourth-order valence-electron chi connectivity index (χ4n) is 1.84. The molecule has 3 nitrogen and oxygen atoms in total. The number of fused-ring (bicyclic) bond motifs is 1. The second-order valence-corrected chi connectivity index (χ2v) is 3.77. The van der Waals surface area contributed by atoms with Gasteiger partial charge in [-0.15, -0.1) is 0 Å². The Bertz CT molecular complexity index is 626. The SMILES string of the molecule is Cc1ncnc2[nH]c(-c3ccccc3)cc12. The summed E-state index contributed by atoms with van der Waals surface area (Å²) in [7, 11) is 0. The van der Waals surface area contributed by atoms with Crippen LogP contribution in [0.25, 0.3) is 22.3 Å². The first-order valence-electron chi connectivity index (χ1n) is 5.20. The molecule has 0 saturated carbocycles. The van der Waals surface area contributed by atoms with E-state index in [2.05, 4.69) is 33.2 Å². The van der Waals surface area contributed by atoms with E-state index in [1.807, 2.05) is 25.1 Å². The molecule has 0 amide bonds. The Balaban J connectivity index is 2.23. The van der Waals surface area contributed by atoms with E-state index < -0.39 is 0 Å². The lowest BCUT2D eigenvalue weighted by molar-refractivity contribution is 1.14. The second kappa shape index (κ2) is 3.45. The smallest absolute Gasteiger partial charge is 0.141 e. The minimum atomic E-state index is 0.895. The number of hydrogen-bond donors (Lipinski definition) is 1. The molecule has 0 spiro atoms. The van der Waals surface area contributed by atoms with Crippen molar-refractivity contribution < 1.29 is 0 Å². The molecule has 0 saturated heterocycles. The van der Waals surface area contributed by atoms with Crippen LogP contribution in [-0.4, -0.2) is 15.0 Å². The van der Waals surface area contributed by atoms with Gasteiger partial charge in [0.2, 0.25) is 0 Å². The van der Waals surface area contributed by atoms with Crippen molar-refractivity contribution in [3.05, 3.63) is 48.4 Å². The van der Waals surface area contributed by atoms with Gasteiger partial charge in [-0.25, -0.2) is 9.97 Å². The lowest BCUT2D eigenvalue weighted by Crippen LogP contribution is -1.83. The van der Waals surface area contributed by atoms with E-state index in [1.54, 1.807) is 6.33 Å². The quantitative estimate of drug-likeness (QED) is 0.669. The van der Waals surface area contributed by atoms with Crippen LogP contribution in [0.4, 0.5) is 0 Å². The average molecular weight is 209 g/mol. The highest BCUT2D eigenvalue weighted by Gasteiger charge is 2.05. The maximum atomic E-state index is 4.22. The lowest BCUT2D eigenvalue weighted by atomic mass is 10.1. The van der Waals surface area contributed by atoms with Crippen LogP contribution < -0.4 is 0 Å². The van der Waals surface area contributed by atoms with Gasteiger partial charge in [0.25, 0.3) is 0 Å². The second-order valence-electron chi connectivity index (χ2n) is 3.77. The highest BCUT2D eigenvalue weighted by molar-refractivity contribution is 5.84. The van der Waals surface area contributed by atoms with E-state index >= 15 is 0 Å². The average Bonchev–Trinajstić information content (AvgIpc) is 2.76. The first kappa shape index (κ1) is 9.09. The molecule has 0 radical (unpaired) electrons. The number of aromatic amines is 1. The maximum Gasteiger partial charge on any atom is 0.141 e. The van der Waals surface area contributed by atoms with E-state index in [-0.39, 0.29) is 0 Å². The molecule has 3 heteroatoms. The van der Waals surface area contributed by atoms with E-state index in [0.29, 0.717) is 0 Å². The van der Waals surface area contributed by atoms with Gasteiger partial charge in [-0.3, -0.25) is 0 Å². The van der Waals surface area contributed by atoms with Gasteiger partial charge in [0, 0.05) is 11.1 Å². The normalized spacial score (nSPS) is 10.8. The third kappa shape index (κ3) is 1.37. The summed E-state index contributed by atoms with van der Waals surface area (Å²) in [4.78, 5) is 11.7. The van der Waals surface area contributed by atoms with Crippen LogP contribution in [0.15, 0.2) is 42.7 Å². The summed E-state index contributed by atoms with van der Waals surface area (Å²) in [5.41, 5.74) is 4.15. The van der Waals surface area contributed by atoms with Crippen LogP contribution in [0.5, 0.6) is 0 Å². The van der Waals surface area contributed by atoms with Crippen molar-refractivity contribution in [2.45, 2.75) is 6.92 Å². The molecule has 0 unspecified atom stereocenters. The summed E-state index contributed by atoms with van der Waals surface area (Å²) in [6, 6.07) is 12.3. The minimum absolute atomic E-state index is 0.895. The van der Waals surface area contributed by atoms with Gasteiger partial charge in [0.1, 0.15) is 12.0 Å². The van der Waals surface area contributed by atoms with Gasteiger partial charge in [-0.05, 0) is 18.6 Å². The van der Waals surface area contributed by atoms with Gasteiger partial charge < -0.3 is 4.98 Å². The molecule has 3 aromatic rings. The molecule has 0 aliphatic rings. The van der Waals surface area contributed by atoms with Gasteiger partial charge in [0.15, 0.2) is 0 Å². The summed E-state index contributed by atoms with van der Waals surface area (Å²) in [5, 5.41) is 1.08. The van der Waals surface area contributed by atoms with Crippen molar-refractivity contribution in [2.75, 3.05) is 0 Å². The summed E-state index contributed by atoms with van der Waals surface area (Å²) >= 11 is 0. The Hall–Kier alpha value is -2.16. The van der Waals surface area contributed by atoms with Crippen molar-refractivity contribution in [3.8, 4) is 11.3 Å². The zero-order valence-electron chi connectivity index (χ0n) is 8.94. The fourth-order valence-corrected chi connectivity index (χ4v) is 1.84. The largest absolute Gasteiger partial charge is 0.339 e. The Kier molecular flexibility index (Phi) is 1.96. The summed E-state index contributed by atoms with van der Waals surface area (Å²) in [6.45, 7) is 1.99. The summed E-state index contributed by atoms with van der Waals surface area (Å²) < 4.78 is 0. The molecule has 0 aliphatic carbocycles. The minimum Gasteiger partial charge on any atom is -0.339 e. The molecule has 0 atom stereocenters. The van der Waals surface area contributed by atoms with Crippen molar-refractivity contribution in [1.29, 1.82) is 0 Å². The van der Waals surface area contributed by atoms with E-state index in [0.717, 1.165) is 22.4 Å². The molecule has 78 valence electrons. The summed E-state index contributed by atoms with van der Waals surface area (Å²) in [6.07, 6.45) is 1.59. The predicted molar refractivity (Wildman–Crippen MR) is 64.1 cm³/mol. The highest BCUT2D eigenvalue weighted by Crippen LogP contribution is 2.23. The maximum absolute atomic E-state index is 4.22. The predicted octanol–water partition coefficient (Wildman–Crippen LogP) is 2.93. The van der Waals surface area contributed by atoms with Crippen LogP contribution in [0.3, 0.4) is 0 Å².